The summed E-state index contributed by atoms with van der Waals surface area (Å²) in [5.74, 6) is -2.95. The van der Waals surface area contributed by atoms with E-state index in [-0.39, 0.29) is 0 Å². The number of nitrogens with one attached hydrogen (secondary N) is 1. The van der Waals surface area contributed by atoms with E-state index in [1.807, 2.05) is 4.72 Å². The molecule has 0 aliphatic heterocycles. The first-order valence-corrected chi connectivity index (χ1v) is 6.53. The zero-order valence-electron chi connectivity index (χ0n) is 9.37. The fourth-order valence-corrected chi connectivity index (χ4v) is 2.24. The monoisotopic (exact) mass is 292 g/mol. The molecule has 19 heavy (non-hydrogen) atoms. The summed E-state index contributed by atoms with van der Waals surface area (Å²) in [5, 5.41) is 19.0. The second-order valence-corrected chi connectivity index (χ2v) is 5.33. The molecule has 0 fully saturated rings. The number of nitrogens with zero attached hydrogens (tertiary/aromatic N) is 1. The van der Waals surface area contributed by atoms with E-state index < -0.39 is 50.3 Å². The number of carbonyl (C=O) groups is 1. The Morgan fingerprint density at radius 1 is 1.47 bits per heavy atom. The molecule has 2 N–H and O–H groups in total. The smallest absolute Gasteiger partial charge is 0.304 e. The number of sulfonamides is 1. The quantitative estimate of drug-likeness (QED) is 0.593. The van der Waals surface area contributed by atoms with Gasteiger partial charge in [-0.15, -0.1) is 0 Å². The van der Waals surface area contributed by atoms with Crippen molar-refractivity contribution >= 4 is 27.4 Å². The largest absolute Gasteiger partial charge is 0.481 e. The molecule has 0 aliphatic rings. The van der Waals surface area contributed by atoms with Crippen LogP contribution in [0, 0.1) is 15.9 Å². The highest BCUT2D eigenvalue weighted by molar-refractivity contribution is 7.92. The van der Waals surface area contributed by atoms with Crippen molar-refractivity contribution in [2.24, 2.45) is 0 Å². The van der Waals surface area contributed by atoms with E-state index in [4.69, 9.17) is 5.11 Å². The summed E-state index contributed by atoms with van der Waals surface area (Å²) >= 11 is 0. The van der Waals surface area contributed by atoms with Crippen molar-refractivity contribution in [3.8, 4) is 0 Å². The van der Waals surface area contributed by atoms with Gasteiger partial charge in [0, 0.05) is 0 Å². The Labute approximate surface area is 107 Å². The maximum absolute atomic E-state index is 12.8. The van der Waals surface area contributed by atoms with Gasteiger partial charge in [0.25, 0.3) is 5.69 Å². The van der Waals surface area contributed by atoms with E-state index in [2.05, 4.69) is 0 Å². The Morgan fingerprint density at radius 2 is 2.11 bits per heavy atom. The van der Waals surface area contributed by atoms with Gasteiger partial charge in [0.15, 0.2) is 0 Å². The van der Waals surface area contributed by atoms with Gasteiger partial charge in [-0.05, 0) is 12.1 Å². The number of aliphatic carboxylic acids is 1. The number of benzene rings is 1. The summed E-state index contributed by atoms with van der Waals surface area (Å²) in [6, 6.07) is 2.31. The normalized spacial score (nSPS) is 11.0. The molecule has 0 saturated heterocycles. The van der Waals surface area contributed by atoms with Gasteiger partial charge in [-0.25, -0.2) is 12.8 Å². The number of nitro benzene ring substituents is 1. The number of carboxylic acid groups (broad SMARTS) is 1. The van der Waals surface area contributed by atoms with Gasteiger partial charge in [0.2, 0.25) is 10.0 Å². The van der Waals surface area contributed by atoms with Gasteiger partial charge >= 0.3 is 5.97 Å². The van der Waals surface area contributed by atoms with E-state index >= 15 is 0 Å². The molecule has 0 aliphatic carbocycles. The van der Waals surface area contributed by atoms with E-state index in [9.17, 15) is 27.7 Å². The van der Waals surface area contributed by atoms with Crippen LogP contribution in [-0.2, 0) is 14.8 Å². The molecule has 8 nitrogen and oxygen atoms in total. The fourth-order valence-electron chi connectivity index (χ4n) is 1.18. The van der Waals surface area contributed by atoms with Gasteiger partial charge < -0.3 is 5.11 Å². The van der Waals surface area contributed by atoms with Crippen LogP contribution in [0.3, 0.4) is 0 Å². The summed E-state index contributed by atoms with van der Waals surface area (Å²) < 4.78 is 37.6. The Hall–Kier alpha value is -2.23. The predicted molar refractivity (Wildman–Crippen MR) is 62.7 cm³/mol. The lowest BCUT2D eigenvalue weighted by Gasteiger charge is -2.07. The maximum atomic E-state index is 12.8. The number of hydrogen-bond acceptors (Lipinski definition) is 5. The summed E-state index contributed by atoms with van der Waals surface area (Å²) in [4.78, 5) is 20.0. The summed E-state index contributed by atoms with van der Waals surface area (Å²) in [6.45, 7) is 0. The van der Waals surface area contributed by atoms with E-state index in [1.54, 1.807) is 0 Å². The molecule has 0 saturated carbocycles. The molecule has 0 spiro atoms. The van der Waals surface area contributed by atoms with Crippen LogP contribution in [0.4, 0.5) is 15.8 Å². The predicted octanol–water partition coefficient (Wildman–Crippen LogP) is 0.950. The number of rotatable bonds is 6. The molecular formula is C9H9FN2O6S. The first-order chi connectivity index (χ1) is 8.71. The van der Waals surface area contributed by atoms with Gasteiger partial charge in [0.1, 0.15) is 11.5 Å². The van der Waals surface area contributed by atoms with Crippen LogP contribution in [0.1, 0.15) is 6.42 Å². The lowest BCUT2D eigenvalue weighted by Crippen LogP contribution is -2.19. The highest BCUT2D eigenvalue weighted by Gasteiger charge is 2.20. The molecule has 10 heteroatoms. The zero-order valence-corrected chi connectivity index (χ0v) is 10.2. The molecule has 0 bridgehead atoms. The van der Waals surface area contributed by atoms with Crippen LogP contribution >= 0.6 is 0 Å². The fraction of sp³-hybridized carbons (Fsp3) is 0.222. The molecule has 0 radical (unpaired) electrons. The molecule has 1 rings (SSSR count). The van der Waals surface area contributed by atoms with Crippen LogP contribution in [0.5, 0.6) is 0 Å². The van der Waals surface area contributed by atoms with Gasteiger partial charge in [0.05, 0.1) is 23.2 Å². The number of halogens is 1. The van der Waals surface area contributed by atoms with Crippen molar-refractivity contribution in [3.63, 3.8) is 0 Å². The van der Waals surface area contributed by atoms with Crippen molar-refractivity contribution in [1.82, 2.24) is 0 Å². The lowest BCUT2D eigenvalue weighted by molar-refractivity contribution is -0.384. The SMILES string of the molecule is O=C(O)CCS(=O)(=O)Nc1ccc(F)cc1[N+](=O)[O-]. The van der Waals surface area contributed by atoms with Crippen molar-refractivity contribution in [2.75, 3.05) is 10.5 Å². The number of carboxylic acids is 1. The molecular weight excluding hydrogens is 283 g/mol. The lowest BCUT2D eigenvalue weighted by atomic mass is 10.3. The van der Waals surface area contributed by atoms with Crippen LogP contribution in [0.25, 0.3) is 0 Å². The van der Waals surface area contributed by atoms with Gasteiger partial charge in [-0.3, -0.25) is 19.6 Å². The molecule has 1 aromatic rings. The van der Waals surface area contributed by atoms with Crippen molar-refractivity contribution < 1.29 is 27.6 Å². The molecule has 0 heterocycles. The number of nitro groups is 1. The van der Waals surface area contributed by atoms with Crippen LogP contribution in [0.2, 0.25) is 0 Å². The molecule has 0 amide bonds. The number of anilines is 1. The van der Waals surface area contributed by atoms with Crippen LogP contribution in [0.15, 0.2) is 18.2 Å². The highest BCUT2D eigenvalue weighted by Crippen LogP contribution is 2.26. The first-order valence-electron chi connectivity index (χ1n) is 4.87. The molecule has 104 valence electrons. The summed E-state index contributed by atoms with van der Waals surface area (Å²) in [7, 11) is -4.06. The third-order valence-electron chi connectivity index (χ3n) is 2.01. The van der Waals surface area contributed by atoms with E-state index in [0.29, 0.717) is 6.07 Å². The van der Waals surface area contributed by atoms with Crippen molar-refractivity contribution in [2.45, 2.75) is 6.42 Å². The Kier molecular flexibility index (Phi) is 4.38. The van der Waals surface area contributed by atoms with E-state index in [1.165, 1.54) is 0 Å². The minimum atomic E-state index is -4.06. The van der Waals surface area contributed by atoms with Crippen LogP contribution < -0.4 is 4.72 Å². The topological polar surface area (TPSA) is 127 Å². The Bertz CT molecular complexity index is 615. The molecule has 0 aromatic heterocycles. The van der Waals surface area contributed by atoms with Crippen molar-refractivity contribution in [3.05, 3.63) is 34.1 Å². The zero-order chi connectivity index (χ0) is 14.6. The molecule has 0 unspecified atom stereocenters. The third-order valence-corrected chi connectivity index (χ3v) is 3.28. The molecule has 0 atom stereocenters. The summed E-state index contributed by atoms with van der Waals surface area (Å²) in [6.07, 6.45) is -0.648. The summed E-state index contributed by atoms with van der Waals surface area (Å²) in [5.41, 5.74) is -1.17. The Morgan fingerprint density at radius 3 is 2.63 bits per heavy atom. The third kappa shape index (κ3) is 4.50. The van der Waals surface area contributed by atoms with Gasteiger partial charge in [-0.2, -0.15) is 0 Å². The maximum Gasteiger partial charge on any atom is 0.304 e. The standard InChI is InChI=1S/C9H9FN2O6S/c10-6-1-2-7(8(5-6)12(15)16)11-19(17,18)4-3-9(13)14/h1-2,5,11H,3-4H2,(H,13,14). The average Bonchev–Trinajstić information content (AvgIpc) is 2.28. The first kappa shape index (κ1) is 14.8. The number of hydrogen-bond donors (Lipinski definition) is 2. The Balaban J connectivity index is 2.99. The highest BCUT2D eigenvalue weighted by atomic mass is 32.2. The average molecular weight is 292 g/mol. The second kappa shape index (κ2) is 5.61. The van der Waals surface area contributed by atoms with Crippen LogP contribution in [-0.4, -0.2) is 30.2 Å². The minimum Gasteiger partial charge on any atom is -0.481 e. The van der Waals surface area contributed by atoms with Gasteiger partial charge in [-0.1, -0.05) is 0 Å². The molecule has 1 aromatic carbocycles. The minimum absolute atomic E-state index is 0.420. The van der Waals surface area contributed by atoms with Crippen molar-refractivity contribution in [1.29, 1.82) is 0 Å². The second-order valence-electron chi connectivity index (χ2n) is 3.48. The van der Waals surface area contributed by atoms with E-state index in [0.717, 1.165) is 12.1 Å².